The summed E-state index contributed by atoms with van der Waals surface area (Å²) in [4.78, 5) is 0. The van der Waals surface area contributed by atoms with Crippen molar-refractivity contribution in [1.29, 1.82) is 0 Å². The maximum atomic E-state index is 6.44. The molecule has 2 rings (SSSR count). The van der Waals surface area contributed by atoms with Crippen LogP contribution in [0, 0.1) is 20.8 Å². The Morgan fingerprint density at radius 1 is 1.20 bits per heavy atom. The van der Waals surface area contributed by atoms with E-state index in [0.717, 1.165) is 18.5 Å². The van der Waals surface area contributed by atoms with E-state index in [1.54, 1.807) is 0 Å². The molecule has 1 aromatic carbocycles. The van der Waals surface area contributed by atoms with Crippen LogP contribution in [-0.4, -0.2) is 9.78 Å². The maximum absolute atomic E-state index is 6.44. The molecule has 3 heteroatoms. The van der Waals surface area contributed by atoms with Crippen molar-refractivity contribution in [2.45, 2.75) is 46.6 Å². The summed E-state index contributed by atoms with van der Waals surface area (Å²) in [6, 6.07) is 4.48. The van der Waals surface area contributed by atoms with Crippen LogP contribution in [0.15, 0.2) is 18.3 Å². The summed E-state index contributed by atoms with van der Waals surface area (Å²) >= 11 is 0. The van der Waals surface area contributed by atoms with Crippen LogP contribution >= 0.6 is 0 Å². The highest BCUT2D eigenvalue weighted by molar-refractivity contribution is 5.39. The number of nitrogens with two attached hydrogens (primary N) is 1. The van der Waals surface area contributed by atoms with Crippen molar-refractivity contribution in [2.75, 3.05) is 0 Å². The standard InChI is InChI=1S/C17H25N3/c1-6-17-15(10-20(5)19-17)16(18)9-14-12(3)7-11(2)8-13(14)4/h7-8,10,16H,6,9,18H2,1-5H3. The Labute approximate surface area is 121 Å². The number of hydrogen-bond donors (Lipinski definition) is 1. The van der Waals surface area contributed by atoms with E-state index in [9.17, 15) is 0 Å². The van der Waals surface area contributed by atoms with Crippen molar-refractivity contribution in [3.05, 3.63) is 51.8 Å². The van der Waals surface area contributed by atoms with Gasteiger partial charge in [-0.15, -0.1) is 0 Å². The van der Waals surface area contributed by atoms with E-state index < -0.39 is 0 Å². The lowest BCUT2D eigenvalue weighted by molar-refractivity contribution is 0.705. The van der Waals surface area contributed by atoms with E-state index in [1.165, 1.54) is 27.8 Å². The highest BCUT2D eigenvalue weighted by Gasteiger charge is 2.16. The molecule has 0 aliphatic carbocycles. The van der Waals surface area contributed by atoms with Gasteiger partial charge in [-0.1, -0.05) is 24.6 Å². The minimum atomic E-state index is 0.0127. The molecule has 1 atom stereocenters. The topological polar surface area (TPSA) is 43.8 Å². The monoisotopic (exact) mass is 271 g/mol. The second kappa shape index (κ2) is 5.80. The van der Waals surface area contributed by atoms with E-state index in [0.29, 0.717) is 0 Å². The van der Waals surface area contributed by atoms with Crippen molar-refractivity contribution in [3.8, 4) is 0 Å². The van der Waals surface area contributed by atoms with Crippen LogP contribution in [0.2, 0.25) is 0 Å². The second-order valence-corrected chi connectivity index (χ2v) is 5.75. The van der Waals surface area contributed by atoms with Gasteiger partial charge in [0.1, 0.15) is 0 Å². The third-order valence-corrected chi connectivity index (χ3v) is 3.94. The van der Waals surface area contributed by atoms with Crippen molar-refractivity contribution >= 4 is 0 Å². The average molecular weight is 271 g/mol. The van der Waals surface area contributed by atoms with E-state index in [2.05, 4.69) is 51.1 Å². The lowest BCUT2D eigenvalue weighted by Crippen LogP contribution is -2.16. The summed E-state index contributed by atoms with van der Waals surface area (Å²) in [5, 5.41) is 4.49. The lowest BCUT2D eigenvalue weighted by Gasteiger charge is -2.16. The normalized spacial score (nSPS) is 12.7. The zero-order chi connectivity index (χ0) is 14.9. The number of rotatable bonds is 4. The van der Waals surface area contributed by atoms with Gasteiger partial charge in [0.05, 0.1) is 5.69 Å². The van der Waals surface area contributed by atoms with Crippen LogP contribution in [0.3, 0.4) is 0 Å². The smallest absolute Gasteiger partial charge is 0.0669 e. The van der Waals surface area contributed by atoms with Crippen LogP contribution in [-0.2, 0) is 19.9 Å². The average Bonchev–Trinajstić information content (AvgIpc) is 2.75. The molecule has 1 unspecified atom stereocenters. The first-order chi connectivity index (χ1) is 9.42. The summed E-state index contributed by atoms with van der Waals surface area (Å²) in [5.41, 5.74) is 14.1. The minimum Gasteiger partial charge on any atom is -0.324 e. The fourth-order valence-corrected chi connectivity index (χ4v) is 3.00. The van der Waals surface area contributed by atoms with Gasteiger partial charge in [-0.3, -0.25) is 4.68 Å². The Bertz CT molecular complexity index is 588. The molecule has 0 radical (unpaired) electrons. The predicted molar refractivity (Wildman–Crippen MR) is 83.9 cm³/mol. The molecule has 1 heterocycles. The summed E-state index contributed by atoms with van der Waals surface area (Å²) in [5.74, 6) is 0. The first-order valence-corrected chi connectivity index (χ1v) is 7.27. The van der Waals surface area contributed by atoms with Crippen LogP contribution in [0.4, 0.5) is 0 Å². The van der Waals surface area contributed by atoms with Gasteiger partial charge in [-0.25, -0.2) is 0 Å². The van der Waals surface area contributed by atoms with Gasteiger partial charge >= 0.3 is 0 Å². The molecule has 0 spiro atoms. The van der Waals surface area contributed by atoms with Gasteiger partial charge < -0.3 is 5.73 Å². The largest absolute Gasteiger partial charge is 0.324 e. The Balaban J connectivity index is 2.30. The van der Waals surface area contributed by atoms with Gasteiger partial charge in [0.15, 0.2) is 0 Å². The molecule has 0 aliphatic rings. The Morgan fingerprint density at radius 2 is 1.80 bits per heavy atom. The molecular weight excluding hydrogens is 246 g/mol. The third-order valence-electron chi connectivity index (χ3n) is 3.94. The molecule has 0 saturated heterocycles. The predicted octanol–water partition coefficient (Wildman–Crippen LogP) is 3.15. The highest BCUT2D eigenvalue weighted by Crippen LogP contribution is 2.24. The summed E-state index contributed by atoms with van der Waals surface area (Å²) < 4.78 is 1.86. The van der Waals surface area contributed by atoms with Crippen LogP contribution in [0.5, 0.6) is 0 Å². The molecule has 1 aromatic heterocycles. The molecule has 0 bridgehead atoms. The fourth-order valence-electron chi connectivity index (χ4n) is 3.00. The Kier molecular flexibility index (Phi) is 4.29. The fraction of sp³-hybridized carbons (Fsp3) is 0.471. The number of aromatic nitrogens is 2. The Hall–Kier alpha value is -1.61. The van der Waals surface area contributed by atoms with Gasteiger partial charge in [-0.2, -0.15) is 5.10 Å². The SMILES string of the molecule is CCc1nn(C)cc1C(N)Cc1c(C)cc(C)cc1C. The molecule has 3 nitrogen and oxygen atoms in total. The van der Waals surface area contributed by atoms with E-state index in [4.69, 9.17) is 5.73 Å². The number of benzene rings is 1. The van der Waals surface area contributed by atoms with Gasteiger partial charge in [-0.05, 0) is 50.3 Å². The van der Waals surface area contributed by atoms with E-state index in [1.807, 2.05) is 11.7 Å². The second-order valence-electron chi connectivity index (χ2n) is 5.75. The van der Waals surface area contributed by atoms with Gasteiger partial charge in [0.2, 0.25) is 0 Å². The zero-order valence-corrected chi connectivity index (χ0v) is 13.2. The summed E-state index contributed by atoms with van der Waals surface area (Å²) in [6.45, 7) is 8.61. The van der Waals surface area contributed by atoms with Crippen LogP contribution < -0.4 is 5.73 Å². The number of nitrogens with zero attached hydrogens (tertiary/aromatic N) is 2. The first kappa shape index (κ1) is 14.8. The Morgan fingerprint density at radius 3 is 2.35 bits per heavy atom. The van der Waals surface area contributed by atoms with Crippen molar-refractivity contribution < 1.29 is 0 Å². The van der Waals surface area contributed by atoms with Crippen LogP contribution in [0.25, 0.3) is 0 Å². The molecule has 2 N–H and O–H groups in total. The molecule has 0 amide bonds. The molecule has 0 saturated carbocycles. The third kappa shape index (κ3) is 2.93. The highest BCUT2D eigenvalue weighted by atomic mass is 15.3. The molecule has 0 aliphatic heterocycles. The minimum absolute atomic E-state index is 0.0127. The molecule has 20 heavy (non-hydrogen) atoms. The molecular formula is C17H25N3. The van der Waals surface area contributed by atoms with Crippen molar-refractivity contribution in [3.63, 3.8) is 0 Å². The van der Waals surface area contributed by atoms with E-state index in [-0.39, 0.29) is 6.04 Å². The lowest BCUT2D eigenvalue weighted by atomic mass is 9.92. The summed E-state index contributed by atoms with van der Waals surface area (Å²) in [7, 11) is 1.96. The van der Waals surface area contributed by atoms with Crippen LogP contribution in [0.1, 0.15) is 46.5 Å². The quantitative estimate of drug-likeness (QED) is 0.928. The first-order valence-electron chi connectivity index (χ1n) is 7.27. The van der Waals surface area contributed by atoms with E-state index >= 15 is 0 Å². The molecule has 0 fully saturated rings. The van der Waals surface area contributed by atoms with Crippen molar-refractivity contribution in [1.82, 2.24) is 9.78 Å². The number of hydrogen-bond acceptors (Lipinski definition) is 2. The van der Waals surface area contributed by atoms with Gasteiger partial charge in [0, 0.05) is 24.8 Å². The summed E-state index contributed by atoms with van der Waals surface area (Å²) in [6.07, 6.45) is 3.86. The molecule has 2 aromatic rings. The zero-order valence-electron chi connectivity index (χ0n) is 13.2. The maximum Gasteiger partial charge on any atom is 0.0669 e. The number of aryl methyl sites for hydroxylation is 5. The van der Waals surface area contributed by atoms with Gasteiger partial charge in [0.25, 0.3) is 0 Å². The molecule has 108 valence electrons. The van der Waals surface area contributed by atoms with Crippen molar-refractivity contribution in [2.24, 2.45) is 12.8 Å².